The van der Waals surface area contributed by atoms with Gasteiger partial charge in [0.1, 0.15) is 11.3 Å². The molecular formula is C23H16F5N2P. The van der Waals surface area contributed by atoms with E-state index in [1.54, 1.807) is 6.92 Å². The van der Waals surface area contributed by atoms with Crippen molar-refractivity contribution in [1.29, 1.82) is 0 Å². The van der Waals surface area contributed by atoms with Gasteiger partial charge in [-0.1, -0.05) is 60.7 Å². The van der Waals surface area contributed by atoms with E-state index < -0.39 is 42.7 Å². The molecule has 4 rings (SSSR count). The number of benzene rings is 3. The fourth-order valence-corrected chi connectivity index (χ4v) is 5.73. The molecule has 4 aromatic rings. The van der Waals surface area contributed by atoms with E-state index in [0.717, 1.165) is 15.2 Å². The van der Waals surface area contributed by atoms with Crippen molar-refractivity contribution < 1.29 is 22.0 Å². The molecule has 0 bridgehead atoms. The lowest BCUT2D eigenvalue weighted by Gasteiger charge is -2.21. The molecule has 0 unspecified atom stereocenters. The first-order chi connectivity index (χ1) is 14.8. The van der Waals surface area contributed by atoms with Crippen molar-refractivity contribution in [2.45, 2.75) is 13.8 Å². The summed E-state index contributed by atoms with van der Waals surface area (Å²) in [6, 6.07) is 18.3. The molecule has 8 heteroatoms. The van der Waals surface area contributed by atoms with Gasteiger partial charge in [0, 0.05) is 13.6 Å². The molecule has 158 valence electrons. The summed E-state index contributed by atoms with van der Waals surface area (Å²) in [5.74, 6) is -9.96. The summed E-state index contributed by atoms with van der Waals surface area (Å²) >= 11 is 0. The maximum Gasteiger partial charge on any atom is 0.200 e. The highest BCUT2D eigenvalue weighted by Crippen LogP contribution is 2.36. The fraction of sp³-hybridized carbons (Fsp3) is 0.0870. The van der Waals surface area contributed by atoms with Crippen LogP contribution in [0.5, 0.6) is 0 Å². The van der Waals surface area contributed by atoms with Gasteiger partial charge < -0.3 is 0 Å². The molecule has 31 heavy (non-hydrogen) atoms. The zero-order valence-corrected chi connectivity index (χ0v) is 17.4. The van der Waals surface area contributed by atoms with Crippen LogP contribution in [0.2, 0.25) is 0 Å². The van der Waals surface area contributed by atoms with Crippen LogP contribution in [-0.4, -0.2) is 9.55 Å². The van der Waals surface area contributed by atoms with Crippen molar-refractivity contribution in [2.75, 3.05) is 0 Å². The highest BCUT2D eigenvalue weighted by molar-refractivity contribution is 7.79. The molecule has 0 N–H and O–H groups in total. The predicted octanol–water partition coefficient (Wildman–Crippen LogP) is 4.94. The third-order valence-electron chi connectivity index (χ3n) is 4.97. The van der Waals surface area contributed by atoms with Crippen LogP contribution >= 0.6 is 7.92 Å². The SMILES string of the molecule is Cc1nc(P(c2ccccc2)c2ccccc2)n(-c2c(F)c(F)c(F)c(F)c2F)c1C. The Kier molecular flexibility index (Phi) is 5.63. The van der Waals surface area contributed by atoms with Crippen LogP contribution in [-0.2, 0) is 0 Å². The maximum atomic E-state index is 14.8. The van der Waals surface area contributed by atoms with Gasteiger partial charge in [0.25, 0.3) is 0 Å². The van der Waals surface area contributed by atoms with Gasteiger partial charge in [-0.15, -0.1) is 0 Å². The molecule has 0 aliphatic rings. The van der Waals surface area contributed by atoms with Gasteiger partial charge in [0.2, 0.25) is 5.82 Å². The number of aryl methyl sites for hydroxylation is 1. The van der Waals surface area contributed by atoms with Crippen molar-refractivity contribution in [3.8, 4) is 5.69 Å². The Morgan fingerprint density at radius 3 is 1.52 bits per heavy atom. The average Bonchev–Trinajstić information content (AvgIpc) is 3.07. The Balaban J connectivity index is 2.08. The molecule has 3 aromatic carbocycles. The monoisotopic (exact) mass is 446 g/mol. The van der Waals surface area contributed by atoms with Crippen molar-refractivity contribution in [3.05, 3.63) is 101 Å². The van der Waals surface area contributed by atoms with Crippen LogP contribution in [0.3, 0.4) is 0 Å². The Morgan fingerprint density at radius 2 is 1.06 bits per heavy atom. The van der Waals surface area contributed by atoms with E-state index in [2.05, 4.69) is 4.98 Å². The highest BCUT2D eigenvalue weighted by Gasteiger charge is 2.32. The molecule has 0 atom stereocenters. The number of hydrogen-bond donors (Lipinski definition) is 0. The number of aromatic nitrogens is 2. The first-order valence-electron chi connectivity index (χ1n) is 9.31. The van der Waals surface area contributed by atoms with E-state index in [0.29, 0.717) is 5.69 Å². The van der Waals surface area contributed by atoms with Gasteiger partial charge in [-0.25, -0.2) is 26.9 Å². The van der Waals surface area contributed by atoms with E-state index in [1.807, 2.05) is 60.7 Å². The normalized spacial score (nSPS) is 11.4. The molecule has 0 fully saturated rings. The second-order valence-corrected chi connectivity index (χ2v) is 8.95. The minimum Gasteiger partial charge on any atom is -0.291 e. The Bertz CT molecular complexity index is 1190. The molecule has 0 radical (unpaired) electrons. The molecule has 1 heterocycles. The topological polar surface area (TPSA) is 17.8 Å². The molecule has 2 nitrogen and oxygen atoms in total. The van der Waals surface area contributed by atoms with Crippen molar-refractivity contribution in [3.63, 3.8) is 0 Å². The molecule has 1 aromatic heterocycles. The van der Waals surface area contributed by atoms with E-state index in [9.17, 15) is 22.0 Å². The van der Waals surface area contributed by atoms with Crippen molar-refractivity contribution in [2.24, 2.45) is 0 Å². The van der Waals surface area contributed by atoms with Crippen molar-refractivity contribution in [1.82, 2.24) is 9.55 Å². The molecule has 0 amide bonds. The fourth-order valence-electron chi connectivity index (χ4n) is 3.33. The van der Waals surface area contributed by atoms with Gasteiger partial charge in [0.15, 0.2) is 23.3 Å². The quantitative estimate of drug-likeness (QED) is 0.188. The predicted molar refractivity (Wildman–Crippen MR) is 112 cm³/mol. The van der Waals surface area contributed by atoms with Gasteiger partial charge in [-0.05, 0) is 24.5 Å². The van der Waals surface area contributed by atoms with E-state index in [4.69, 9.17) is 0 Å². The standard InChI is InChI=1S/C23H16F5N2P/c1-13-14(2)30(22-20(27)18(25)17(24)19(26)21(22)28)23(29-13)31(15-9-5-3-6-10-15)16-11-7-4-8-12-16/h3-12H,1-2H3. The summed E-state index contributed by atoms with van der Waals surface area (Å²) in [6.45, 7) is 3.16. The first kappa shape index (κ1) is 21.2. The Morgan fingerprint density at radius 1 is 0.645 bits per heavy atom. The maximum absolute atomic E-state index is 14.8. The van der Waals surface area contributed by atoms with Gasteiger partial charge >= 0.3 is 0 Å². The number of hydrogen-bond acceptors (Lipinski definition) is 1. The van der Waals surface area contributed by atoms with Crippen LogP contribution in [0.15, 0.2) is 60.7 Å². The summed E-state index contributed by atoms with van der Waals surface area (Å²) < 4.78 is 72.3. The number of nitrogens with zero attached hydrogens (tertiary/aromatic N) is 2. The smallest absolute Gasteiger partial charge is 0.200 e. The van der Waals surface area contributed by atoms with E-state index in [-0.39, 0.29) is 11.3 Å². The Labute approximate surface area is 176 Å². The summed E-state index contributed by atoms with van der Waals surface area (Å²) in [6.07, 6.45) is 0. The third-order valence-corrected chi connectivity index (χ3v) is 7.29. The number of imidazole rings is 1. The summed E-state index contributed by atoms with van der Waals surface area (Å²) in [5, 5.41) is 1.64. The summed E-state index contributed by atoms with van der Waals surface area (Å²) in [5.41, 5.74) is -0.0923. The molecular weight excluding hydrogens is 430 g/mol. The second-order valence-electron chi connectivity index (χ2n) is 6.84. The second kappa shape index (κ2) is 8.23. The first-order valence-corrected chi connectivity index (χ1v) is 10.6. The molecule has 0 spiro atoms. The third kappa shape index (κ3) is 3.53. The summed E-state index contributed by atoms with van der Waals surface area (Å²) in [4.78, 5) is 4.52. The van der Waals surface area contributed by atoms with E-state index in [1.165, 1.54) is 6.92 Å². The molecule has 0 saturated carbocycles. The van der Waals surface area contributed by atoms with Crippen LogP contribution in [0, 0.1) is 42.9 Å². The zero-order valence-electron chi connectivity index (χ0n) is 16.5. The minimum absolute atomic E-state index is 0.214. The lowest BCUT2D eigenvalue weighted by atomic mass is 10.2. The van der Waals surface area contributed by atoms with Crippen LogP contribution in [0.25, 0.3) is 5.69 Å². The van der Waals surface area contributed by atoms with Crippen LogP contribution < -0.4 is 16.2 Å². The number of halogens is 5. The van der Waals surface area contributed by atoms with Gasteiger partial charge in [-0.3, -0.25) is 4.57 Å². The molecule has 0 aliphatic carbocycles. The molecule has 0 saturated heterocycles. The van der Waals surface area contributed by atoms with Gasteiger partial charge in [-0.2, -0.15) is 0 Å². The van der Waals surface area contributed by atoms with E-state index >= 15 is 0 Å². The summed E-state index contributed by atoms with van der Waals surface area (Å²) in [7, 11) is -1.46. The minimum atomic E-state index is -2.19. The largest absolute Gasteiger partial charge is 0.291 e. The van der Waals surface area contributed by atoms with Gasteiger partial charge in [0.05, 0.1) is 5.69 Å². The lowest BCUT2D eigenvalue weighted by molar-refractivity contribution is 0.375. The lowest BCUT2D eigenvalue weighted by Crippen LogP contribution is -2.29. The highest BCUT2D eigenvalue weighted by atomic mass is 31.1. The zero-order chi connectivity index (χ0) is 22.3. The van der Waals surface area contributed by atoms with Crippen LogP contribution in [0.4, 0.5) is 22.0 Å². The average molecular weight is 446 g/mol. The number of rotatable bonds is 4. The van der Waals surface area contributed by atoms with Crippen LogP contribution in [0.1, 0.15) is 11.4 Å². The van der Waals surface area contributed by atoms with Crippen molar-refractivity contribution >= 4 is 24.1 Å². The Hall–Kier alpha value is -3.05. The molecule has 0 aliphatic heterocycles.